The van der Waals surface area contributed by atoms with E-state index < -0.39 is 0 Å². The third-order valence-electron chi connectivity index (χ3n) is 4.48. The summed E-state index contributed by atoms with van der Waals surface area (Å²) in [5.74, 6) is 0.204. The van der Waals surface area contributed by atoms with Gasteiger partial charge in [0.15, 0.2) is 0 Å². The van der Waals surface area contributed by atoms with Gasteiger partial charge in [-0.25, -0.2) is 9.18 Å². The van der Waals surface area contributed by atoms with Gasteiger partial charge in [0.2, 0.25) is 5.91 Å². The third kappa shape index (κ3) is 6.57. The van der Waals surface area contributed by atoms with E-state index >= 15 is 0 Å². The van der Waals surface area contributed by atoms with E-state index in [0.29, 0.717) is 25.4 Å². The number of halogens is 1. The number of urea groups is 1. The molecule has 1 aliphatic rings. The molecule has 0 unspecified atom stereocenters. The van der Waals surface area contributed by atoms with Crippen LogP contribution >= 0.6 is 0 Å². The van der Waals surface area contributed by atoms with Crippen LogP contribution in [0.15, 0.2) is 36.9 Å². The van der Waals surface area contributed by atoms with Crippen LogP contribution in [0.25, 0.3) is 0 Å². The highest BCUT2D eigenvalue weighted by atomic mass is 19.1. The van der Waals surface area contributed by atoms with Crippen molar-refractivity contribution in [3.63, 3.8) is 0 Å². The van der Waals surface area contributed by atoms with E-state index in [1.807, 2.05) is 4.90 Å². The van der Waals surface area contributed by atoms with E-state index in [4.69, 9.17) is 0 Å². The van der Waals surface area contributed by atoms with Crippen molar-refractivity contribution in [3.8, 4) is 0 Å². The third-order valence-corrected chi connectivity index (χ3v) is 4.48. The summed E-state index contributed by atoms with van der Waals surface area (Å²) in [4.78, 5) is 25.6. The minimum atomic E-state index is -0.278. The standard InChI is InChI=1S/C19H26FN3O2/c1-2-11-21-19(25)23-12-9-15(10-13-23)5-8-18(24)22-14-16-3-6-17(20)7-4-16/h2-4,6-7,15H,1,5,8-14H2,(H,21,25)(H,22,24). The minimum Gasteiger partial charge on any atom is -0.352 e. The second-order valence-corrected chi connectivity index (χ2v) is 6.35. The maximum absolute atomic E-state index is 12.8. The fraction of sp³-hybridized carbons (Fsp3) is 0.474. The summed E-state index contributed by atoms with van der Waals surface area (Å²) in [6, 6.07) is 6.07. The van der Waals surface area contributed by atoms with E-state index in [-0.39, 0.29) is 17.8 Å². The van der Waals surface area contributed by atoms with Gasteiger partial charge >= 0.3 is 6.03 Å². The molecule has 0 aliphatic carbocycles. The Hall–Kier alpha value is -2.37. The molecule has 0 radical (unpaired) electrons. The Morgan fingerprint density at radius 3 is 2.52 bits per heavy atom. The molecule has 1 heterocycles. The quantitative estimate of drug-likeness (QED) is 0.745. The van der Waals surface area contributed by atoms with Crippen molar-refractivity contribution >= 4 is 11.9 Å². The molecule has 0 bridgehead atoms. The van der Waals surface area contributed by atoms with E-state index in [1.165, 1.54) is 12.1 Å². The number of amides is 3. The van der Waals surface area contributed by atoms with Gasteiger partial charge in [0, 0.05) is 32.6 Å². The molecule has 1 saturated heterocycles. The van der Waals surface area contributed by atoms with Gasteiger partial charge in [0.1, 0.15) is 5.82 Å². The summed E-state index contributed by atoms with van der Waals surface area (Å²) in [5, 5.41) is 5.65. The van der Waals surface area contributed by atoms with Crippen molar-refractivity contribution in [2.75, 3.05) is 19.6 Å². The first kappa shape index (κ1) is 19.0. The first-order valence-corrected chi connectivity index (χ1v) is 8.73. The Morgan fingerprint density at radius 1 is 1.20 bits per heavy atom. The Bertz CT molecular complexity index is 581. The first-order chi connectivity index (χ1) is 12.1. The molecule has 5 nitrogen and oxygen atoms in total. The minimum absolute atomic E-state index is 0.00970. The molecule has 1 aliphatic heterocycles. The van der Waals surface area contributed by atoms with Gasteiger partial charge in [-0.3, -0.25) is 4.79 Å². The molecule has 136 valence electrons. The second-order valence-electron chi connectivity index (χ2n) is 6.35. The zero-order valence-corrected chi connectivity index (χ0v) is 14.5. The molecule has 0 saturated carbocycles. The van der Waals surface area contributed by atoms with Crippen LogP contribution in [0.4, 0.5) is 9.18 Å². The fourth-order valence-electron chi connectivity index (χ4n) is 2.92. The van der Waals surface area contributed by atoms with Gasteiger partial charge in [-0.15, -0.1) is 6.58 Å². The normalized spacial score (nSPS) is 14.8. The number of hydrogen-bond acceptors (Lipinski definition) is 2. The van der Waals surface area contributed by atoms with Crippen LogP contribution in [0.2, 0.25) is 0 Å². The fourth-order valence-corrected chi connectivity index (χ4v) is 2.92. The Balaban J connectivity index is 1.62. The monoisotopic (exact) mass is 347 g/mol. The second kappa shape index (κ2) is 9.81. The van der Waals surface area contributed by atoms with Gasteiger partial charge in [-0.1, -0.05) is 18.2 Å². The van der Waals surface area contributed by atoms with Gasteiger partial charge in [-0.05, 0) is 42.9 Å². The maximum atomic E-state index is 12.8. The molecule has 25 heavy (non-hydrogen) atoms. The van der Waals surface area contributed by atoms with Crippen molar-refractivity contribution in [3.05, 3.63) is 48.3 Å². The molecule has 1 fully saturated rings. The smallest absolute Gasteiger partial charge is 0.317 e. The van der Waals surface area contributed by atoms with Crippen LogP contribution in [0.5, 0.6) is 0 Å². The van der Waals surface area contributed by atoms with Crippen LogP contribution in [-0.4, -0.2) is 36.5 Å². The molecule has 3 amide bonds. The van der Waals surface area contributed by atoms with E-state index in [2.05, 4.69) is 17.2 Å². The lowest BCUT2D eigenvalue weighted by Gasteiger charge is -2.31. The van der Waals surface area contributed by atoms with Crippen molar-refractivity contribution in [1.82, 2.24) is 15.5 Å². The van der Waals surface area contributed by atoms with Crippen molar-refractivity contribution in [2.45, 2.75) is 32.2 Å². The molecule has 0 aromatic heterocycles. The molecule has 6 heteroatoms. The predicted molar refractivity (Wildman–Crippen MR) is 95.4 cm³/mol. The summed E-state index contributed by atoms with van der Waals surface area (Å²) >= 11 is 0. The maximum Gasteiger partial charge on any atom is 0.317 e. The highest BCUT2D eigenvalue weighted by Gasteiger charge is 2.22. The number of benzene rings is 1. The lowest BCUT2D eigenvalue weighted by molar-refractivity contribution is -0.121. The highest BCUT2D eigenvalue weighted by molar-refractivity contribution is 5.76. The van der Waals surface area contributed by atoms with Crippen molar-refractivity contribution in [1.29, 1.82) is 0 Å². The topological polar surface area (TPSA) is 61.4 Å². The van der Waals surface area contributed by atoms with E-state index in [9.17, 15) is 14.0 Å². The van der Waals surface area contributed by atoms with Crippen molar-refractivity contribution < 1.29 is 14.0 Å². The number of rotatable bonds is 7. The summed E-state index contributed by atoms with van der Waals surface area (Å²) in [6.07, 6.45) is 4.82. The van der Waals surface area contributed by atoms with Crippen LogP contribution in [0, 0.1) is 11.7 Å². The summed E-state index contributed by atoms with van der Waals surface area (Å²) in [5.41, 5.74) is 0.883. The van der Waals surface area contributed by atoms with Crippen LogP contribution in [0.3, 0.4) is 0 Å². The number of piperidine rings is 1. The molecule has 1 aromatic rings. The largest absolute Gasteiger partial charge is 0.352 e. The van der Waals surface area contributed by atoms with E-state index in [1.54, 1.807) is 18.2 Å². The van der Waals surface area contributed by atoms with Crippen LogP contribution in [-0.2, 0) is 11.3 Å². The van der Waals surface area contributed by atoms with Crippen molar-refractivity contribution in [2.24, 2.45) is 5.92 Å². The number of hydrogen-bond donors (Lipinski definition) is 2. The van der Waals surface area contributed by atoms with Gasteiger partial charge in [0.25, 0.3) is 0 Å². The molecule has 2 rings (SSSR count). The van der Waals surface area contributed by atoms with Crippen LogP contribution in [0.1, 0.15) is 31.2 Å². The zero-order chi connectivity index (χ0) is 18.1. The highest BCUT2D eigenvalue weighted by Crippen LogP contribution is 2.21. The number of likely N-dealkylation sites (tertiary alicyclic amines) is 1. The number of nitrogens with one attached hydrogen (secondary N) is 2. The molecule has 2 N–H and O–H groups in total. The van der Waals surface area contributed by atoms with Gasteiger partial charge in [-0.2, -0.15) is 0 Å². The lowest BCUT2D eigenvalue weighted by atomic mass is 9.92. The van der Waals surface area contributed by atoms with Crippen LogP contribution < -0.4 is 10.6 Å². The van der Waals surface area contributed by atoms with E-state index in [0.717, 1.165) is 37.9 Å². The average molecular weight is 347 g/mol. The molecule has 0 atom stereocenters. The Kier molecular flexibility index (Phi) is 7.44. The average Bonchev–Trinajstić information content (AvgIpc) is 2.64. The lowest BCUT2D eigenvalue weighted by Crippen LogP contribution is -2.44. The molecular weight excluding hydrogens is 321 g/mol. The summed E-state index contributed by atoms with van der Waals surface area (Å²) in [6.45, 7) is 5.93. The number of carbonyl (C=O) groups excluding carboxylic acids is 2. The summed E-state index contributed by atoms with van der Waals surface area (Å²) in [7, 11) is 0. The van der Waals surface area contributed by atoms with Gasteiger partial charge in [0.05, 0.1) is 0 Å². The predicted octanol–water partition coefficient (Wildman–Crippen LogP) is 2.83. The molecule has 1 aromatic carbocycles. The first-order valence-electron chi connectivity index (χ1n) is 8.73. The Morgan fingerprint density at radius 2 is 1.88 bits per heavy atom. The Labute approximate surface area is 148 Å². The summed E-state index contributed by atoms with van der Waals surface area (Å²) < 4.78 is 12.8. The molecular formula is C19H26FN3O2. The van der Waals surface area contributed by atoms with Gasteiger partial charge < -0.3 is 15.5 Å². The number of nitrogens with zero attached hydrogens (tertiary/aromatic N) is 1. The molecule has 0 spiro atoms. The zero-order valence-electron chi connectivity index (χ0n) is 14.5. The SMILES string of the molecule is C=CCNC(=O)N1CCC(CCC(=O)NCc2ccc(F)cc2)CC1. The number of carbonyl (C=O) groups is 2.